The van der Waals surface area contributed by atoms with E-state index in [0.717, 1.165) is 28.4 Å². The summed E-state index contributed by atoms with van der Waals surface area (Å²) in [6.07, 6.45) is 6.48. The van der Waals surface area contributed by atoms with Crippen LogP contribution in [0.2, 0.25) is 0 Å². The Morgan fingerprint density at radius 1 is 0.577 bits per heavy atom. The van der Waals surface area contributed by atoms with Crippen molar-refractivity contribution in [2.75, 3.05) is 14.7 Å². The van der Waals surface area contributed by atoms with Crippen molar-refractivity contribution in [2.45, 2.75) is 106 Å². The Morgan fingerprint density at radius 2 is 1.14 bits per heavy atom. The normalized spacial score (nSPS) is 15.3. The summed E-state index contributed by atoms with van der Waals surface area (Å²) in [5, 5.41) is 0. The van der Waals surface area contributed by atoms with Gasteiger partial charge in [0.15, 0.2) is 0 Å². The van der Waals surface area contributed by atoms with Crippen molar-refractivity contribution >= 4 is 74.4 Å². The highest BCUT2D eigenvalue weighted by atomic mass is 15.2. The molecule has 1 aliphatic carbocycles. The van der Waals surface area contributed by atoms with Gasteiger partial charge in [-0.1, -0.05) is 191 Å². The maximum Gasteiger partial charge on any atom is 0.248 e. The summed E-state index contributed by atoms with van der Waals surface area (Å²) in [6.45, 7) is 34.0. The molecule has 0 fully saturated rings. The third-order valence-electron chi connectivity index (χ3n) is 15.3. The molecule has 0 radical (unpaired) electrons. The molecule has 4 heteroatoms. The summed E-state index contributed by atoms with van der Waals surface area (Å²) in [7, 11) is 0. The summed E-state index contributed by atoms with van der Waals surface area (Å²) in [4.78, 5) is 7.60. The Kier molecular flexibility index (Phi) is 11.7. The SMILES string of the molecule is C=C/C(=C\C=C(/C)c1cccc(N2C3=C(B4c5ccc(N(c6ccc(C(C)(C)C)cc6)c6ccc(C(C)(C)C)cc6)cc5N(c5ccccc5)c5cc(C)cc2c54)C(C)(C)c2ccccc23)c1)C(C)(C)C. The van der Waals surface area contributed by atoms with E-state index in [0.29, 0.717) is 0 Å². The van der Waals surface area contributed by atoms with E-state index in [1.54, 1.807) is 0 Å². The molecule has 0 bridgehead atoms. The van der Waals surface area contributed by atoms with E-state index in [4.69, 9.17) is 0 Å². The van der Waals surface area contributed by atoms with Crippen LogP contribution in [0.3, 0.4) is 0 Å². The predicted molar refractivity (Wildman–Crippen MR) is 309 cm³/mol. The number of nitrogens with zero attached hydrogens (tertiary/aromatic N) is 3. The maximum absolute atomic E-state index is 4.15. The van der Waals surface area contributed by atoms with E-state index in [9.17, 15) is 0 Å². The van der Waals surface area contributed by atoms with Crippen LogP contribution in [0.1, 0.15) is 116 Å². The maximum atomic E-state index is 4.15. The minimum Gasteiger partial charge on any atom is -0.311 e. The Labute approximate surface area is 425 Å². The zero-order valence-corrected chi connectivity index (χ0v) is 44.4. The number of hydrogen-bond acceptors (Lipinski definition) is 3. The highest BCUT2D eigenvalue weighted by Crippen LogP contribution is 2.56. The van der Waals surface area contributed by atoms with Gasteiger partial charge in [0.25, 0.3) is 0 Å². The molecule has 0 atom stereocenters. The smallest absolute Gasteiger partial charge is 0.248 e. The molecule has 0 saturated heterocycles. The van der Waals surface area contributed by atoms with Gasteiger partial charge >= 0.3 is 0 Å². The Bertz CT molecular complexity index is 3250. The number of fused-ring (bicyclic) bond motifs is 5. The van der Waals surface area contributed by atoms with Gasteiger partial charge < -0.3 is 14.7 Å². The van der Waals surface area contributed by atoms with Crippen molar-refractivity contribution < 1.29 is 0 Å². The molecule has 3 aliphatic rings. The number of para-hydroxylation sites is 1. The summed E-state index contributed by atoms with van der Waals surface area (Å²) >= 11 is 0. The molecule has 7 aromatic carbocycles. The molecule has 2 heterocycles. The summed E-state index contributed by atoms with van der Waals surface area (Å²) < 4.78 is 0. The van der Waals surface area contributed by atoms with Gasteiger partial charge in [0.2, 0.25) is 6.71 Å². The van der Waals surface area contributed by atoms with Crippen LogP contribution in [0.4, 0.5) is 45.5 Å². The van der Waals surface area contributed by atoms with Crippen LogP contribution in [-0.2, 0) is 16.2 Å². The fourth-order valence-corrected chi connectivity index (χ4v) is 11.4. The molecule has 0 spiro atoms. The van der Waals surface area contributed by atoms with Gasteiger partial charge in [-0.15, -0.1) is 0 Å². The largest absolute Gasteiger partial charge is 0.311 e. The second kappa shape index (κ2) is 17.4. The molecule has 3 nitrogen and oxygen atoms in total. The van der Waals surface area contributed by atoms with Crippen molar-refractivity contribution in [2.24, 2.45) is 5.41 Å². The first-order valence-electron chi connectivity index (χ1n) is 25.6. The Morgan fingerprint density at radius 3 is 1.73 bits per heavy atom. The van der Waals surface area contributed by atoms with Crippen molar-refractivity contribution in [3.8, 4) is 0 Å². The molecule has 0 unspecified atom stereocenters. The van der Waals surface area contributed by atoms with Crippen LogP contribution in [0.5, 0.6) is 0 Å². The molecular formula is C67H70BN3. The van der Waals surface area contributed by atoms with Crippen molar-refractivity contribution in [3.63, 3.8) is 0 Å². The van der Waals surface area contributed by atoms with Gasteiger partial charge in [-0.3, -0.25) is 0 Å². The van der Waals surface area contributed by atoms with Crippen LogP contribution < -0.4 is 25.6 Å². The number of anilines is 8. The third-order valence-corrected chi connectivity index (χ3v) is 15.3. The number of benzene rings is 7. The molecule has 0 N–H and O–H groups in total. The second-order valence-corrected chi connectivity index (χ2v) is 23.7. The third kappa shape index (κ3) is 8.30. The molecule has 10 rings (SSSR count). The summed E-state index contributed by atoms with van der Waals surface area (Å²) in [5.41, 5.74) is 24.6. The molecule has 0 amide bonds. The molecule has 0 saturated carbocycles. The fraction of sp³-hybridized carbons (Fsp3) is 0.254. The van der Waals surface area contributed by atoms with Crippen LogP contribution in [0.15, 0.2) is 194 Å². The second-order valence-electron chi connectivity index (χ2n) is 23.7. The molecule has 2 aliphatic heterocycles. The lowest BCUT2D eigenvalue weighted by atomic mass is 9.30. The van der Waals surface area contributed by atoms with Gasteiger partial charge in [0.05, 0.1) is 0 Å². The van der Waals surface area contributed by atoms with Crippen molar-refractivity contribution in [1.82, 2.24) is 0 Å². The lowest BCUT2D eigenvalue weighted by molar-refractivity contribution is 0.517. The van der Waals surface area contributed by atoms with Crippen molar-refractivity contribution in [3.05, 3.63) is 227 Å². The van der Waals surface area contributed by atoms with E-state index in [-0.39, 0.29) is 28.4 Å². The van der Waals surface area contributed by atoms with Crippen LogP contribution in [-0.4, -0.2) is 6.71 Å². The van der Waals surface area contributed by atoms with Gasteiger partial charge in [-0.2, -0.15) is 0 Å². The van der Waals surface area contributed by atoms with E-state index in [1.807, 2.05) is 6.08 Å². The number of aryl methyl sites for hydroxylation is 1. The van der Waals surface area contributed by atoms with Crippen LogP contribution in [0.25, 0.3) is 11.3 Å². The van der Waals surface area contributed by atoms with Crippen LogP contribution >= 0.6 is 0 Å². The first-order valence-corrected chi connectivity index (χ1v) is 25.6. The lowest BCUT2D eigenvalue weighted by Gasteiger charge is -2.46. The van der Waals surface area contributed by atoms with Gasteiger partial charge in [0.1, 0.15) is 0 Å². The summed E-state index contributed by atoms with van der Waals surface area (Å²) in [5.74, 6) is 0. The first-order chi connectivity index (χ1) is 33.7. The van der Waals surface area contributed by atoms with E-state index < -0.39 is 0 Å². The zero-order valence-electron chi connectivity index (χ0n) is 44.4. The first kappa shape index (κ1) is 47.6. The number of rotatable bonds is 8. The Balaban J connectivity index is 1.23. The topological polar surface area (TPSA) is 9.72 Å². The van der Waals surface area contributed by atoms with Crippen molar-refractivity contribution in [1.29, 1.82) is 0 Å². The Hall–Kier alpha value is -7.04. The van der Waals surface area contributed by atoms with Gasteiger partial charge in [-0.05, 0) is 153 Å². The molecule has 71 heavy (non-hydrogen) atoms. The average molecular weight is 928 g/mol. The monoisotopic (exact) mass is 928 g/mol. The molecular weight excluding hydrogens is 858 g/mol. The molecule has 7 aromatic rings. The number of allylic oxidation sites excluding steroid dienone is 6. The van der Waals surface area contributed by atoms with E-state index in [1.165, 1.54) is 83.7 Å². The quantitative estimate of drug-likeness (QED) is 0.111. The summed E-state index contributed by atoms with van der Waals surface area (Å²) in [6, 6.07) is 59.9. The zero-order chi connectivity index (χ0) is 50.4. The van der Waals surface area contributed by atoms with E-state index >= 15 is 0 Å². The highest BCUT2D eigenvalue weighted by molar-refractivity contribution is 6.96. The van der Waals surface area contributed by atoms with Gasteiger partial charge in [0, 0.05) is 62.2 Å². The average Bonchev–Trinajstić information content (AvgIpc) is 3.57. The minimum absolute atomic E-state index is 0.00443. The standard InChI is InChI=1S/C67H70BN3/c1-15-47(64(4,5)6)29-28-45(3)46-22-21-25-53(42-46)71-60-41-44(2)40-59-61(60)68(63-62(71)55-26-19-20-27-56(55)67(63,13)14)57-39-38-54(43-58(57)70(59)50-23-17-16-18-24-50)69(51-34-30-48(31-35-51)65(7,8)9)52-36-32-49(33-37-52)66(10,11)12/h15-43H,1H2,2-14H3/b45-28+,47-29+. The van der Waals surface area contributed by atoms with Crippen LogP contribution in [0, 0.1) is 12.3 Å². The molecule has 356 valence electrons. The fourth-order valence-electron chi connectivity index (χ4n) is 11.4. The lowest BCUT2D eigenvalue weighted by Crippen LogP contribution is -2.57. The molecule has 0 aromatic heterocycles. The highest BCUT2D eigenvalue weighted by Gasteiger charge is 2.53. The minimum atomic E-state index is -0.276. The predicted octanol–water partition coefficient (Wildman–Crippen LogP) is 17.4. The van der Waals surface area contributed by atoms with E-state index in [2.05, 4.69) is 281 Å². The van der Waals surface area contributed by atoms with Gasteiger partial charge in [-0.25, -0.2) is 0 Å². The number of hydrogen-bond donors (Lipinski definition) is 0.